The summed E-state index contributed by atoms with van der Waals surface area (Å²) < 4.78 is 11.0. The predicted molar refractivity (Wildman–Crippen MR) is 77.7 cm³/mol. The Hall–Kier alpha value is -1.71. The molecule has 1 aliphatic heterocycles. The van der Waals surface area contributed by atoms with Crippen LogP contribution in [0.2, 0.25) is 5.02 Å². The van der Waals surface area contributed by atoms with E-state index in [1.165, 1.54) is 0 Å². The minimum atomic E-state index is -0.732. The van der Waals surface area contributed by atoms with Crippen LogP contribution in [0.15, 0.2) is 36.4 Å². The van der Waals surface area contributed by atoms with E-state index >= 15 is 0 Å². The van der Waals surface area contributed by atoms with Crippen molar-refractivity contribution in [1.29, 1.82) is 0 Å². The highest BCUT2D eigenvalue weighted by atomic mass is 35.5. The molecule has 104 valence electrons. The summed E-state index contributed by atoms with van der Waals surface area (Å²) in [5.74, 6) is 1.39. The number of aliphatic hydroxyl groups excluding tert-OH is 1. The van der Waals surface area contributed by atoms with Gasteiger partial charge in [-0.2, -0.15) is 0 Å². The molecule has 1 aliphatic rings. The molecular weight excluding hydrogens is 276 g/mol. The van der Waals surface area contributed by atoms with Gasteiger partial charge in [0.05, 0.1) is 0 Å². The summed E-state index contributed by atoms with van der Waals surface area (Å²) in [5.41, 5.74) is 2.51. The highest BCUT2D eigenvalue weighted by molar-refractivity contribution is 6.31. The molecule has 4 heteroatoms. The number of hydrogen-bond acceptors (Lipinski definition) is 3. The number of aryl methyl sites for hydroxylation is 1. The predicted octanol–water partition coefficient (Wildman–Crippen LogP) is 3.50. The molecule has 1 unspecified atom stereocenters. The van der Waals surface area contributed by atoms with Gasteiger partial charge >= 0.3 is 0 Å². The highest BCUT2D eigenvalue weighted by Crippen LogP contribution is 2.34. The molecule has 0 spiro atoms. The summed E-state index contributed by atoms with van der Waals surface area (Å²) in [7, 11) is 0. The molecule has 2 aromatic carbocycles. The highest BCUT2D eigenvalue weighted by Gasteiger charge is 2.17. The van der Waals surface area contributed by atoms with Gasteiger partial charge < -0.3 is 14.6 Å². The average molecular weight is 291 g/mol. The van der Waals surface area contributed by atoms with Crippen LogP contribution in [-0.4, -0.2) is 18.3 Å². The van der Waals surface area contributed by atoms with Crippen LogP contribution in [0.1, 0.15) is 22.8 Å². The number of rotatable bonds is 2. The minimum Gasteiger partial charge on any atom is -0.486 e. The molecule has 0 aliphatic carbocycles. The van der Waals surface area contributed by atoms with Gasteiger partial charge in [0.25, 0.3) is 0 Å². The van der Waals surface area contributed by atoms with Crippen LogP contribution in [-0.2, 0) is 0 Å². The number of fused-ring (bicyclic) bond motifs is 1. The molecule has 3 nitrogen and oxygen atoms in total. The first kappa shape index (κ1) is 13.3. The summed E-state index contributed by atoms with van der Waals surface area (Å²) in [5, 5.41) is 11.1. The lowest BCUT2D eigenvalue weighted by molar-refractivity contribution is 0.169. The van der Waals surface area contributed by atoms with E-state index in [1.54, 1.807) is 6.07 Å². The zero-order valence-electron chi connectivity index (χ0n) is 11.1. The first-order valence-electron chi connectivity index (χ1n) is 6.49. The van der Waals surface area contributed by atoms with Gasteiger partial charge in [-0.15, -0.1) is 0 Å². The summed E-state index contributed by atoms with van der Waals surface area (Å²) in [6, 6.07) is 11.0. The summed E-state index contributed by atoms with van der Waals surface area (Å²) in [6.45, 7) is 3.02. The Bertz CT molecular complexity index is 640. The first-order chi connectivity index (χ1) is 9.65. The van der Waals surface area contributed by atoms with Crippen LogP contribution < -0.4 is 9.47 Å². The smallest absolute Gasteiger partial charge is 0.161 e. The fourth-order valence-electron chi connectivity index (χ4n) is 2.20. The molecule has 0 amide bonds. The maximum absolute atomic E-state index is 10.5. The second-order valence-corrected chi connectivity index (χ2v) is 5.22. The van der Waals surface area contributed by atoms with E-state index in [9.17, 15) is 5.11 Å². The zero-order valence-corrected chi connectivity index (χ0v) is 11.9. The number of halogens is 1. The molecule has 0 bridgehead atoms. The largest absolute Gasteiger partial charge is 0.486 e. The van der Waals surface area contributed by atoms with Crippen molar-refractivity contribution in [1.82, 2.24) is 0 Å². The van der Waals surface area contributed by atoms with Crippen molar-refractivity contribution in [2.24, 2.45) is 0 Å². The normalized spacial score (nSPS) is 14.9. The van der Waals surface area contributed by atoms with Gasteiger partial charge in [0.1, 0.15) is 19.3 Å². The van der Waals surface area contributed by atoms with Gasteiger partial charge in [-0.05, 0) is 41.8 Å². The van der Waals surface area contributed by atoms with Crippen LogP contribution in [0, 0.1) is 6.92 Å². The Kier molecular flexibility index (Phi) is 3.55. The molecule has 1 N–H and O–H groups in total. The molecule has 20 heavy (non-hydrogen) atoms. The van der Waals surface area contributed by atoms with Crippen LogP contribution >= 0.6 is 11.6 Å². The molecular formula is C16H15ClO3. The van der Waals surface area contributed by atoms with E-state index in [0.29, 0.717) is 29.7 Å². The third-order valence-electron chi connectivity index (χ3n) is 3.39. The van der Waals surface area contributed by atoms with Gasteiger partial charge in [0.15, 0.2) is 11.5 Å². The third-order valence-corrected chi connectivity index (χ3v) is 3.80. The molecule has 2 aromatic rings. The fourth-order valence-corrected chi connectivity index (χ4v) is 2.39. The standard InChI is InChI=1S/C16H15ClO3/c1-10-2-3-11(8-13(10)17)16(18)12-4-5-14-15(9-12)20-7-6-19-14/h2-5,8-9,16,18H,6-7H2,1H3. The van der Waals surface area contributed by atoms with Crippen molar-refractivity contribution in [3.05, 3.63) is 58.1 Å². The monoisotopic (exact) mass is 290 g/mol. The maximum Gasteiger partial charge on any atom is 0.161 e. The van der Waals surface area contributed by atoms with Crippen LogP contribution in [0.3, 0.4) is 0 Å². The van der Waals surface area contributed by atoms with E-state index in [1.807, 2.05) is 37.3 Å². The van der Waals surface area contributed by atoms with Crippen molar-refractivity contribution >= 4 is 11.6 Å². The molecule has 0 saturated heterocycles. The Morgan fingerprint density at radius 3 is 2.40 bits per heavy atom. The van der Waals surface area contributed by atoms with Crippen LogP contribution in [0.25, 0.3) is 0 Å². The Morgan fingerprint density at radius 1 is 1.00 bits per heavy atom. The second-order valence-electron chi connectivity index (χ2n) is 4.81. The lowest BCUT2D eigenvalue weighted by Crippen LogP contribution is -2.15. The Morgan fingerprint density at radius 2 is 1.65 bits per heavy atom. The third kappa shape index (κ3) is 2.47. The quantitative estimate of drug-likeness (QED) is 0.920. The summed E-state index contributed by atoms with van der Waals surface area (Å²) >= 11 is 6.10. The molecule has 0 fully saturated rings. The fraction of sp³-hybridized carbons (Fsp3) is 0.250. The van der Waals surface area contributed by atoms with Crippen molar-refractivity contribution < 1.29 is 14.6 Å². The molecule has 0 saturated carbocycles. The summed E-state index contributed by atoms with van der Waals surface area (Å²) in [6.07, 6.45) is -0.732. The topological polar surface area (TPSA) is 38.7 Å². The van der Waals surface area contributed by atoms with Gasteiger partial charge in [-0.3, -0.25) is 0 Å². The first-order valence-corrected chi connectivity index (χ1v) is 6.86. The molecule has 0 radical (unpaired) electrons. The van der Waals surface area contributed by atoms with Gasteiger partial charge in [-0.25, -0.2) is 0 Å². The lowest BCUT2D eigenvalue weighted by atomic mass is 10.00. The second kappa shape index (κ2) is 5.35. The van der Waals surface area contributed by atoms with E-state index < -0.39 is 6.10 Å². The van der Waals surface area contributed by atoms with Crippen molar-refractivity contribution in [3.63, 3.8) is 0 Å². The minimum absolute atomic E-state index is 0.531. The number of hydrogen-bond donors (Lipinski definition) is 1. The van der Waals surface area contributed by atoms with Gasteiger partial charge in [-0.1, -0.05) is 29.8 Å². The number of benzene rings is 2. The summed E-state index contributed by atoms with van der Waals surface area (Å²) in [4.78, 5) is 0. The number of aliphatic hydroxyl groups is 1. The van der Waals surface area contributed by atoms with E-state index in [4.69, 9.17) is 21.1 Å². The van der Waals surface area contributed by atoms with Crippen molar-refractivity contribution in [2.45, 2.75) is 13.0 Å². The molecule has 1 heterocycles. The van der Waals surface area contributed by atoms with Gasteiger partial charge in [0, 0.05) is 5.02 Å². The molecule has 3 rings (SSSR count). The van der Waals surface area contributed by atoms with Gasteiger partial charge in [0.2, 0.25) is 0 Å². The zero-order chi connectivity index (χ0) is 14.1. The molecule has 0 aromatic heterocycles. The van der Waals surface area contributed by atoms with Crippen LogP contribution in [0.4, 0.5) is 0 Å². The Balaban J connectivity index is 1.93. The van der Waals surface area contributed by atoms with Crippen molar-refractivity contribution in [2.75, 3.05) is 13.2 Å². The average Bonchev–Trinajstić information content (AvgIpc) is 2.49. The number of ether oxygens (including phenoxy) is 2. The lowest BCUT2D eigenvalue weighted by Gasteiger charge is -2.20. The molecule has 1 atom stereocenters. The Labute approximate surface area is 122 Å². The van der Waals surface area contributed by atoms with E-state index in [-0.39, 0.29) is 0 Å². The van der Waals surface area contributed by atoms with E-state index in [2.05, 4.69) is 0 Å². The van der Waals surface area contributed by atoms with Crippen LogP contribution in [0.5, 0.6) is 11.5 Å². The SMILES string of the molecule is Cc1ccc(C(O)c2ccc3c(c2)OCCO3)cc1Cl. The van der Waals surface area contributed by atoms with E-state index in [0.717, 1.165) is 16.7 Å². The van der Waals surface area contributed by atoms with Crippen molar-refractivity contribution in [3.8, 4) is 11.5 Å². The maximum atomic E-state index is 10.5.